The Morgan fingerprint density at radius 3 is 2.58 bits per heavy atom. The lowest BCUT2D eigenvalue weighted by Gasteiger charge is -2.09. The number of rotatable bonds is 5. The molecule has 1 N–H and O–H groups in total. The molecule has 7 heteroatoms. The second kappa shape index (κ2) is 9.77. The molecule has 0 radical (unpaired) electrons. The molecule has 0 aliphatic rings. The maximum Gasteiger partial charge on any atom is 0.266 e. The fraction of sp³-hybridized carbons (Fsp3) is 0.0526. The molecular formula is C19H11Br2IN2O2. The lowest BCUT2D eigenvalue weighted by Crippen LogP contribution is -2.13. The first kappa shape index (κ1) is 20.5. The summed E-state index contributed by atoms with van der Waals surface area (Å²) in [6.45, 7) is 0.156. The molecule has 2 aromatic rings. The number of nitriles is 1. The molecule has 0 bridgehead atoms. The lowest BCUT2D eigenvalue weighted by atomic mass is 10.1. The van der Waals surface area contributed by atoms with E-state index in [-0.39, 0.29) is 12.2 Å². The van der Waals surface area contributed by atoms with Crippen LogP contribution in [0.4, 0.5) is 5.69 Å². The molecule has 1 amide bonds. The first-order valence-electron chi connectivity index (χ1n) is 7.18. The molecular weight excluding hydrogens is 575 g/mol. The molecule has 0 aromatic heterocycles. The van der Waals surface area contributed by atoms with Crippen LogP contribution in [0.5, 0.6) is 5.75 Å². The van der Waals surface area contributed by atoms with Gasteiger partial charge in [0.15, 0.2) is 0 Å². The van der Waals surface area contributed by atoms with Crippen molar-refractivity contribution in [2.45, 2.75) is 0 Å². The molecule has 0 saturated carbocycles. The topological polar surface area (TPSA) is 62.1 Å². The Balaban J connectivity index is 2.25. The highest BCUT2D eigenvalue weighted by molar-refractivity contribution is 14.1. The quantitative estimate of drug-likeness (QED) is 0.222. The molecule has 26 heavy (non-hydrogen) atoms. The third-order valence-electron chi connectivity index (χ3n) is 3.10. The minimum Gasteiger partial charge on any atom is -0.479 e. The van der Waals surface area contributed by atoms with E-state index in [0.29, 0.717) is 21.5 Å². The Hall–Kier alpha value is -1.81. The van der Waals surface area contributed by atoms with E-state index < -0.39 is 5.91 Å². The van der Waals surface area contributed by atoms with E-state index in [1.54, 1.807) is 36.4 Å². The molecule has 0 unspecified atom stereocenters. The molecule has 0 atom stereocenters. The lowest BCUT2D eigenvalue weighted by molar-refractivity contribution is -0.112. The van der Waals surface area contributed by atoms with Crippen molar-refractivity contribution in [2.75, 3.05) is 11.9 Å². The van der Waals surface area contributed by atoms with Gasteiger partial charge >= 0.3 is 0 Å². The highest BCUT2D eigenvalue weighted by atomic mass is 127. The van der Waals surface area contributed by atoms with E-state index in [1.165, 1.54) is 6.08 Å². The van der Waals surface area contributed by atoms with Crippen LogP contribution in [0.15, 0.2) is 50.9 Å². The van der Waals surface area contributed by atoms with Gasteiger partial charge < -0.3 is 10.1 Å². The van der Waals surface area contributed by atoms with Gasteiger partial charge in [0.25, 0.3) is 5.91 Å². The number of amides is 1. The van der Waals surface area contributed by atoms with E-state index in [9.17, 15) is 10.1 Å². The smallest absolute Gasteiger partial charge is 0.266 e. The standard InChI is InChI=1S/C19H11Br2IN2O2/c1-2-7-26-18-16(21)9-12(10-17(18)22)8-13(11-23)19(25)24-15-5-3-14(20)4-6-15/h1,3-6,8-10H,7H2,(H,24,25)/b13-8-. The summed E-state index contributed by atoms with van der Waals surface area (Å²) in [5.74, 6) is 2.56. The van der Waals surface area contributed by atoms with Gasteiger partial charge in [-0.25, -0.2) is 0 Å². The average Bonchev–Trinajstić information content (AvgIpc) is 2.61. The summed E-state index contributed by atoms with van der Waals surface area (Å²) in [6.07, 6.45) is 6.73. The predicted molar refractivity (Wildman–Crippen MR) is 118 cm³/mol. The van der Waals surface area contributed by atoms with Crippen molar-refractivity contribution in [2.24, 2.45) is 0 Å². The van der Waals surface area contributed by atoms with Crippen LogP contribution in [-0.2, 0) is 4.79 Å². The van der Waals surface area contributed by atoms with E-state index in [4.69, 9.17) is 11.2 Å². The third kappa shape index (κ3) is 5.60. The molecule has 130 valence electrons. The van der Waals surface area contributed by atoms with Gasteiger partial charge in [0.05, 0.1) is 8.04 Å². The second-order valence-corrected chi connectivity index (χ2v) is 7.87. The van der Waals surface area contributed by atoms with Crippen LogP contribution in [0.1, 0.15) is 5.56 Å². The summed E-state index contributed by atoms with van der Waals surface area (Å²) >= 11 is 8.86. The van der Waals surface area contributed by atoms with Gasteiger partial charge in [0.2, 0.25) is 0 Å². The highest BCUT2D eigenvalue weighted by Crippen LogP contribution is 2.32. The van der Waals surface area contributed by atoms with Crippen molar-refractivity contribution in [3.8, 4) is 24.2 Å². The number of carbonyl (C=O) groups is 1. The van der Waals surface area contributed by atoms with E-state index in [1.807, 2.05) is 6.07 Å². The van der Waals surface area contributed by atoms with Crippen LogP contribution in [-0.4, -0.2) is 12.5 Å². The van der Waals surface area contributed by atoms with E-state index in [2.05, 4.69) is 65.7 Å². The van der Waals surface area contributed by atoms with Crippen LogP contribution in [0.3, 0.4) is 0 Å². The van der Waals surface area contributed by atoms with Crippen LogP contribution < -0.4 is 10.1 Å². The number of hydrogen-bond acceptors (Lipinski definition) is 3. The van der Waals surface area contributed by atoms with Gasteiger partial charge in [0.1, 0.15) is 24.0 Å². The Labute approximate surface area is 182 Å². The molecule has 0 heterocycles. The summed E-state index contributed by atoms with van der Waals surface area (Å²) in [6, 6.07) is 12.6. The van der Waals surface area contributed by atoms with Gasteiger partial charge in [-0.2, -0.15) is 5.26 Å². The zero-order valence-corrected chi connectivity index (χ0v) is 18.6. The van der Waals surface area contributed by atoms with Gasteiger partial charge in [0, 0.05) is 10.2 Å². The van der Waals surface area contributed by atoms with Gasteiger partial charge in [-0.15, -0.1) is 6.42 Å². The molecule has 0 aliphatic heterocycles. The van der Waals surface area contributed by atoms with E-state index in [0.717, 1.165) is 8.04 Å². The first-order chi connectivity index (χ1) is 12.4. The van der Waals surface area contributed by atoms with Crippen molar-refractivity contribution in [3.05, 3.63) is 60.1 Å². The fourth-order valence-corrected chi connectivity index (χ4v) is 3.99. The number of carbonyl (C=O) groups excluding carboxylic acids is 1. The van der Waals surface area contributed by atoms with Crippen molar-refractivity contribution in [1.82, 2.24) is 0 Å². The monoisotopic (exact) mass is 584 g/mol. The predicted octanol–water partition coefficient (Wildman–Crippen LogP) is 5.37. The van der Waals surface area contributed by atoms with Crippen LogP contribution >= 0.6 is 54.5 Å². The van der Waals surface area contributed by atoms with Crippen molar-refractivity contribution < 1.29 is 9.53 Å². The summed E-state index contributed by atoms with van der Waals surface area (Å²) in [4.78, 5) is 12.3. The molecule has 4 nitrogen and oxygen atoms in total. The maximum absolute atomic E-state index is 12.3. The summed E-state index contributed by atoms with van der Waals surface area (Å²) in [7, 11) is 0. The molecule has 0 saturated heterocycles. The Morgan fingerprint density at radius 1 is 1.31 bits per heavy atom. The van der Waals surface area contributed by atoms with Crippen LogP contribution in [0, 0.1) is 27.2 Å². The fourth-order valence-electron chi connectivity index (χ4n) is 1.96. The molecule has 0 fully saturated rings. The molecule has 0 spiro atoms. The second-order valence-electron chi connectivity index (χ2n) is 4.94. The summed E-state index contributed by atoms with van der Waals surface area (Å²) < 4.78 is 7.88. The number of hydrogen-bond donors (Lipinski definition) is 1. The minimum atomic E-state index is -0.478. The van der Waals surface area contributed by atoms with Crippen molar-refractivity contribution >= 4 is 72.1 Å². The number of nitrogens with one attached hydrogen (secondary N) is 1. The average molecular weight is 586 g/mol. The summed E-state index contributed by atoms with van der Waals surface area (Å²) in [5, 5.41) is 12.0. The van der Waals surface area contributed by atoms with Gasteiger partial charge in [-0.05, 0) is 86.6 Å². The zero-order valence-electron chi connectivity index (χ0n) is 13.2. The van der Waals surface area contributed by atoms with E-state index >= 15 is 0 Å². The number of ether oxygens (including phenoxy) is 1. The van der Waals surface area contributed by atoms with Crippen LogP contribution in [0.2, 0.25) is 0 Å². The Morgan fingerprint density at radius 2 is 2.00 bits per heavy atom. The molecule has 0 aliphatic carbocycles. The zero-order chi connectivity index (χ0) is 19.1. The Kier molecular flexibility index (Phi) is 7.70. The normalized spacial score (nSPS) is 10.6. The largest absolute Gasteiger partial charge is 0.479 e. The maximum atomic E-state index is 12.3. The number of anilines is 1. The third-order valence-corrected chi connectivity index (χ3v) is 5.02. The van der Waals surface area contributed by atoms with Crippen LogP contribution in [0.25, 0.3) is 6.08 Å². The SMILES string of the molecule is C#CCOc1c(Br)cc(/C=C(/C#N)C(=O)Nc2ccc(Br)cc2)cc1I. The molecule has 2 aromatic carbocycles. The minimum absolute atomic E-state index is 0.00656. The first-order valence-corrected chi connectivity index (χ1v) is 9.85. The number of nitrogens with zero attached hydrogens (tertiary/aromatic N) is 1. The number of benzene rings is 2. The van der Waals surface area contributed by atoms with Gasteiger partial charge in [-0.1, -0.05) is 21.9 Å². The Bertz CT molecular complexity index is 918. The molecule has 2 rings (SSSR count). The van der Waals surface area contributed by atoms with Crippen molar-refractivity contribution in [3.63, 3.8) is 0 Å². The summed E-state index contributed by atoms with van der Waals surface area (Å²) in [5.41, 5.74) is 1.29. The van der Waals surface area contributed by atoms with Gasteiger partial charge in [-0.3, -0.25) is 4.79 Å². The van der Waals surface area contributed by atoms with Crippen molar-refractivity contribution in [1.29, 1.82) is 5.26 Å². The number of terminal acetylenes is 1. The highest BCUT2D eigenvalue weighted by Gasteiger charge is 2.12. The number of halogens is 3.